The first-order chi connectivity index (χ1) is 15.5. The van der Waals surface area contributed by atoms with Crippen LogP contribution < -0.4 is 10.1 Å². The molecular formula is C24H35N3O5S. The number of amides is 1. The summed E-state index contributed by atoms with van der Waals surface area (Å²) < 4.78 is 37.9. The number of rotatable bonds is 12. The first-order valence-electron chi connectivity index (χ1n) is 10.8. The second kappa shape index (κ2) is 12.1. The molecule has 182 valence electrons. The number of hydrogen-bond donors (Lipinski definition) is 1. The van der Waals surface area contributed by atoms with Gasteiger partial charge >= 0.3 is 0 Å². The Balaban J connectivity index is 1.82. The number of aryl methyl sites for hydroxylation is 2. The Morgan fingerprint density at radius 3 is 2.15 bits per heavy atom. The quantitative estimate of drug-likeness (QED) is 0.473. The van der Waals surface area contributed by atoms with E-state index in [0.717, 1.165) is 13.0 Å². The van der Waals surface area contributed by atoms with E-state index < -0.39 is 10.0 Å². The van der Waals surface area contributed by atoms with Crippen molar-refractivity contribution in [2.24, 2.45) is 0 Å². The summed E-state index contributed by atoms with van der Waals surface area (Å²) in [5.41, 5.74) is 3.13. The van der Waals surface area contributed by atoms with Gasteiger partial charge in [-0.1, -0.05) is 12.1 Å². The molecule has 33 heavy (non-hydrogen) atoms. The number of carbonyl (C=O) groups is 1. The molecule has 0 aliphatic carbocycles. The van der Waals surface area contributed by atoms with Gasteiger partial charge in [-0.2, -0.15) is 4.31 Å². The van der Waals surface area contributed by atoms with E-state index in [0.29, 0.717) is 22.6 Å². The van der Waals surface area contributed by atoms with Crippen LogP contribution in [-0.4, -0.2) is 78.1 Å². The van der Waals surface area contributed by atoms with Crippen LogP contribution in [0.15, 0.2) is 41.3 Å². The Labute approximate surface area is 197 Å². The lowest BCUT2D eigenvalue weighted by atomic mass is 10.1. The van der Waals surface area contributed by atoms with Gasteiger partial charge in [0, 0.05) is 25.8 Å². The van der Waals surface area contributed by atoms with Crippen LogP contribution in [0, 0.1) is 13.8 Å². The molecule has 0 aliphatic heterocycles. The number of likely N-dealkylation sites (N-methyl/N-ethyl adjacent to an activating group) is 2. The van der Waals surface area contributed by atoms with Gasteiger partial charge in [0.25, 0.3) is 0 Å². The summed E-state index contributed by atoms with van der Waals surface area (Å²) in [5, 5.41) is 2.79. The van der Waals surface area contributed by atoms with E-state index in [1.165, 1.54) is 16.9 Å². The molecule has 0 fully saturated rings. The van der Waals surface area contributed by atoms with Gasteiger partial charge in [0.05, 0.1) is 18.6 Å². The van der Waals surface area contributed by atoms with Gasteiger partial charge in [-0.05, 0) is 75.3 Å². The molecule has 0 bridgehead atoms. The van der Waals surface area contributed by atoms with Gasteiger partial charge < -0.3 is 19.7 Å². The van der Waals surface area contributed by atoms with Crippen LogP contribution in [0.5, 0.6) is 5.75 Å². The zero-order valence-corrected chi connectivity index (χ0v) is 21.2. The SMILES string of the molecule is COc1cc(C)c(S(=O)(=O)N(C)CCOCC(=O)Nc2ccc(CCN(C)C)cc2)c(C)c1. The minimum absolute atomic E-state index is 0.0981. The van der Waals surface area contributed by atoms with Gasteiger partial charge in [-0.25, -0.2) is 8.42 Å². The molecule has 9 heteroatoms. The molecule has 0 spiro atoms. The molecule has 0 atom stereocenters. The summed E-state index contributed by atoms with van der Waals surface area (Å²) in [4.78, 5) is 14.5. The molecule has 0 saturated carbocycles. The Hall–Kier alpha value is -2.46. The van der Waals surface area contributed by atoms with Crippen molar-refractivity contribution < 1.29 is 22.7 Å². The maximum absolute atomic E-state index is 13.0. The molecule has 1 N–H and O–H groups in total. The van der Waals surface area contributed by atoms with E-state index in [9.17, 15) is 13.2 Å². The van der Waals surface area contributed by atoms with E-state index in [2.05, 4.69) is 10.2 Å². The summed E-state index contributed by atoms with van der Waals surface area (Å²) in [5.74, 6) is 0.326. The fraction of sp³-hybridized carbons (Fsp3) is 0.458. The number of methoxy groups -OCH3 is 1. The number of ether oxygens (including phenoxy) is 2. The zero-order valence-electron chi connectivity index (χ0n) is 20.3. The molecule has 0 aliphatic rings. The molecule has 2 aromatic rings. The van der Waals surface area contributed by atoms with E-state index in [4.69, 9.17) is 9.47 Å². The van der Waals surface area contributed by atoms with E-state index in [1.54, 1.807) is 33.1 Å². The standard InChI is InChI=1S/C24H35N3O5S/c1-18-15-22(31-6)16-19(2)24(18)33(29,30)27(5)13-14-32-17-23(28)25-21-9-7-20(8-10-21)11-12-26(3)4/h7-10,15-16H,11-14,17H2,1-6H3,(H,25,28). The van der Waals surface area contributed by atoms with Crippen LogP contribution in [0.2, 0.25) is 0 Å². The number of carbonyl (C=O) groups excluding carboxylic acids is 1. The second-order valence-corrected chi connectivity index (χ2v) is 10.2. The van der Waals surface area contributed by atoms with Crippen LogP contribution in [0.25, 0.3) is 0 Å². The number of nitrogens with zero attached hydrogens (tertiary/aromatic N) is 2. The summed E-state index contributed by atoms with van der Waals surface area (Å²) in [7, 11) is 3.41. The van der Waals surface area contributed by atoms with Crippen molar-refractivity contribution in [3.05, 3.63) is 53.1 Å². The second-order valence-electron chi connectivity index (χ2n) is 8.27. The van der Waals surface area contributed by atoms with Gasteiger partial charge in [-0.3, -0.25) is 4.79 Å². The Morgan fingerprint density at radius 1 is 1.00 bits per heavy atom. The molecule has 0 unspecified atom stereocenters. The highest BCUT2D eigenvalue weighted by molar-refractivity contribution is 7.89. The lowest BCUT2D eigenvalue weighted by Crippen LogP contribution is -2.32. The average Bonchev–Trinajstić information content (AvgIpc) is 2.75. The fourth-order valence-electron chi connectivity index (χ4n) is 3.37. The van der Waals surface area contributed by atoms with Crippen molar-refractivity contribution in [1.29, 1.82) is 0 Å². The first-order valence-corrected chi connectivity index (χ1v) is 12.2. The topological polar surface area (TPSA) is 88.2 Å². The maximum atomic E-state index is 13.0. The fourth-order valence-corrected chi connectivity index (χ4v) is 4.93. The third-order valence-electron chi connectivity index (χ3n) is 5.21. The van der Waals surface area contributed by atoms with Crippen molar-refractivity contribution in [2.45, 2.75) is 25.2 Å². The predicted molar refractivity (Wildman–Crippen MR) is 130 cm³/mol. The van der Waals surface area contributed by atoms with Gasteiger partial charge in [-0.15, -0.1) is 0 Å². The minimum Gasteiger partial charge on any atom is -0.497 e. The Bertz CT molecular complexity index is 1010. The molecule has 2 rings (SSSR count). The van der Waals surface area contributed by atoms with Gasteiger partial charge in [0.15, 0.2) is 0 Å². The van der Waals surface area contributed by atoms with Crippen LogP contribution >= 0.6 is 0 Å². The van der Waals surface area contributed by atoms with Crippen molar-refractivity contribution in [3.8, 4) is 5.75 Å². The Morgan fingerprint density at radius 2 is 1.61 bits per heavy atom. The van der Waals surface area contributed by atoms with Crippen molar-refractivity contribution >= 4 is 21.6 Å². The summed E-state index contributed by atoms with van der Waals surface area (Å²) in [6.07, 6.45) is 0.941. The third kappa shape index (κ3) is 7.82. The molecule has 0 radical (unpaired) electrons. The molecular weight excluding hydrogens is 442 g/mol. The molecule has 1 amide bonds. The van der Waals surface area contributed by atoms with E-state index >= 15 is 0 Å². The number of hydrogen-bond acceptors (Lipinski definition) is 6. The molecule has 0 aromatic heterocycles. The van der Waals surface area contributed by atoms with Crippen LogP contribution in [-0.2, 0) is 26.0 Å². The highest BCUT2D eigenvalue weighted by Crippen LogP contribution is 2.27. The van der Waals surface area contributed by atoms with Crippen LogP contribution in [0.1, 0.15) is 16.7 Å². The number of anilines is 1. The number of sulfonamides is 1. The lowest BCUT2D eigenvalue weighted by molar-refractivity contribution is -0.120. The van der Waals surface area contributed by atoms with Gasteiger partial charge in [0.2, 0.25) is 15.9 Å². The van der Waals surface area contributed by atoms with Crippen molar-refractivity contribution in [3.63, 3.8) is 0 Å². The molecule has 8 nitrogen and oxygen atoms in total. The predicted octanol–water partition coefficient (Wildman–Crippen LogP) is 2.69. The molecule has 2 aromatic carbocycles. The maximum Gasteiger partial charge on any atom is 0.250 e. The highest BCUT2D eigenvalue weighted by Gasteiger charge is 2.25. The molecule has 0 heterocycles. The molecule has 0 saturated heterocycles. The van der Waals surface area contributed by atoms with E-state index in [1.807, 2.05) is 38.4 Å². The van der Waals surface area contributed by atoms with E-state index in [-0.39, 0.29) is 30.6 Å². The van der Waals surface area contributed by atoms with Crippen LogP contribution in [0.4, 0.5) is 5.69 Å². The number of benzene rings is 2. The highest BCUT2D eigenvalue weighted by atomic mass is 32.2. The largest absolute Gasteiger partial charge is 0.497 e. The Kier molecular flexibility index (Phi) is 9.85. The first kappa shape index (κ1) is 26.8. The minimum atomic E-state index is -3.69. The third-order valence-corrected chi connectivity index (χ3v) is 7.37. The van der Waals surface area contributed by atoms with Crippen molar-refractivity contribution in [1.82, 2.24) is 9.21 Å². The monoisotopic (exact) mass is 477 g/mol. The zero-order chi connectivity index (χ0) is 24.6. The smallest absolute Gasteiger partial charge is 0.250 e. The summed E-state index contributed by atoms with van der Waals surface area (Å²) in [6.45, 7) is 4.51. The van der Waals surface area contributed by atoms with Crippen LogP contribution in [0.3, 0.4) is 0 Å². The lowest BCUT2D eigenvalue weighted by Gasteiger charge is -2.20. The normalized spacial score (nSPS) is 11.8. The average molecular weight is 478 g/mol. The number of nitrogens with one attached hydrogen (secondary N) is 1. The summed E-state index contributed by atoms with van der Waals surface area (Å²) in [6, 6.07) is 11.1. The summed E-state index contributed by atoms with van der Waals surface area (Å²) >= 11 is 0. The van der Waals surface area contributed by atoms with Crippen molar-refractivity contribution in [2.75, 3.05) is 59.9 Å². The van der Waals surface area contributed by atoms with Gasteiger partial charge in [0.1, 0.15) is 12.4 Å².